The summed E-state index contributed by atoms with van der Waals surface area (Å²) >= 11 is 0. The van der Waals surface area contributed by atoms with E-state index in [1.54, 1.807) is 7.11 Å². The van der Waals surface area contributed by atoms with Crippen LogP contribution in [0.4, 0.5) is 17.5 Å². The number of ether oxygens (including phenoxy) is 1. The van der Waals surface area contributed by atoms with E-state index in [4.69, 9.17) is 20.4 Å². The van der Waals surface area contributed by atoms with E-state index in [-0.39, 0.29) is 5.92 Å². The Labute approximate surface area is 221 Å². The lowest BCUT2D eigenvalue weighted by Crippen LogP contribution is -2.35. The summed E-state index contributed by atoms with van der Waals surface area (Å²) in [5.41, 5.74) is 9.17. The van der Waals surface area contributed by atoms with Gasteiger partial charge in [-0.3, -0.25) is 0 Å². The molecule has 0 saturated carbocycles. The Kier molecular flexibility index (Phi) is 8.11. The molecule has 0 aliphatic carbocycles. The van der Waals surface area contributed by atoms with Gasteiger partial charge in [0, 0.05) is 42.3 Å². The second-order valence-electron chi connectivity index (χ2n) is 11.0. The lowest BCUT2D eigenvalue weighted by molar-refractivity contribution is 0.297. The van der Waals surface area contributed by atoms with Gasteiger partial charge in [0.1, 0.15) is 11.6 Å². The quantitative estimate of drug-likeness (QED) is 0.398. The maximum atomic E-state index is 6.08. The average molecular weight is 503 g/mol. The summed E-state index contributed by atoms with van der Waals surface area (Å²) in [4.78, 5) is 15.1. The Balaban J connectivity index is 1.36. The van der Waals surface area contributed by atoms with Crippen molar-refractivity contribution >= 4 is 28.4 Å². The summed E-state index contributed by atoms with van der Waals surface area (Å²) in [6.45, 7) is 9.89. The normalized spacial score (nSPS) is 19.2. The summed E-state index contributed by atoms with van der Waals surface area (Å²) in [6.07, 6.45) is 6.15. The van der Waals surface area contributed by atoms with Crippen LogP contribution in [0.25, 0.3) is 10.9 Å². The molecule has 1 atom stereocenters. The highest BCUT2D eigenvalue weighted by Gasteiger charge is 2.25. The van der Waals surface area contributed by atoms with Crippen molar-refractivity contribution in [3.8, 4) is 5.75 Å². The van der Waals surface area contributed by atoms with Crippen molar-refractivity contribution in [1.82, 2.24) is 14.9 Å². The second-order valence-corrected chi connectivity index (χ2v) is 11.0. The SMILES string of the molecule is COc1ccc2c(N3CCC(CCCN4CCC(N)C4)CC3)nc(Nc3ccccc3)nc2c1C(C)C. The number of piperidine rings is 1. The van der Waals surface area contributed by atoms with Gasteiger partial charge in [-0.25, -0.2) is 4.98 Å². The van der Waals surface area contributed by atoms with Crippen LogP contribution in [0.1, 0.15) is 57.4 Å². The van der Waals surface area contributed by atoms with Crippen molar-refractivity contribution < 1.29 is 4.74 Å². The molecule has 3 heterocycles. The van der Waals surface area contributed by atoms with E-state index in [9.17, 15) is 0 Å². The number of aromatic nitrogens is 2. The van der Waals surface area contributed by atoms with Crippen LogP contribution in [-0.2, 0) is 0 Å². The number of anilines is 3. The lowest BCUT2D eigenvalue weighted by atomic mass is 9.91. The van der Waals surface area contributed by atoms with Crippen molar-refractivity contribution in [2.75, 3.05) is 50.1 Å². The Bertz CT molecular complexity index is 1180. The number of likely N-dealkylation sites (tertiary alicyclic amines) is 1. The number of nitrogens with two attached hydrogens (primary N) is 1. The molecule has 3 N–H and O–H groups in total. The number of hydrogen-bond acceptors (Lipinski definition) is 7. The number of methoxy groups -OCH3 is 1. The fourth-order valence-electron chi connectivity index (χ4n) is 5.97. The monoisotopic (exact) mass is 502 g/mol. The second kappa shape index (κ2) is 11.7. The fraction of sp³-hybridized carbons (Fsp3) is 0.533. The van der Waals surface area contributed by atoms with Gasteiger partial charge in [-0.1, -0.05) is 32.0 Å². The zero-order valence-corrected chi connectivity index (χ0v) is 22.6. The molecule has 2 saturated heterocycles. The van der Waals surface area contributed by atoms with E-state index in [0.29, 0.717) is 12.0 Å². The van der Waals surface area contributed by atoms with E-state index >= 15 is 0 Å². The Morgan fingerprint density at radius 1 is 1.03 bits per heavy atom. The van der Waals surface area contributed by atoms with E-state index in [2.05, 4.69) is 41.1 Å². The number of fused-ring (bicyclic) bond motifs is 1. The molecule has 2 aliphatic heterocycles. The predicted molar refractivity (Wildman–Crippen MR) is 153 cm³/mol. The first-order chi connectivity index (χ1) is 18.0. The molecular formula is C30H42N6O. The standard InChI is InChI=1S/C30H42N6O/c1-21(2)27-26(37-3)12-11-25-28(27)33-30(32-24-9-5-4-6-10-24)34-29(25)36-18-13-22(14-19-36)8-7-16-35-17-15-23(31)20-35/h4-6,9-12,21-23H,7-8,13-20,31H2,1-3H3,(H,32,33,34). The minimum absolute atomic E-state index is 0.280. The third-order valence-electron chi connectivity index (χ3n) is 7.98. The summed E-state index contributed by atoms with van der Waals surface area (Å²) in [6, 6.07) is 14.7. The zero-order valence-electron chi connectivity index (χ0n) is 22.6. The zero-order chi connectivity index (χ0) is 25.8. The Morgan fingerprint density at radius 2 is 1.81 bits per heavy atom. The van der Waals surface area contributed by atoms with Gasteiger partial charge in [0.15, 0.2) is 0 Å². The molecule has 7 nitrogen and oxygen atoms in total. The molecule has 0 amide bonds. The van der Waals surface area contributed by atoms with Gasteiger partial charge in [-0.15, -0.1) is 0 Å². The molecule has 3 aromatic rings. The van der Waals surface area contributed by atoms with Gasteiger partial charge in [-0.05, 0) is 81.3 Å². The number of benzene rings is 2. The molecule has 1 aromatic heterocycles. The maximum Gasteiger partial charge on any atom is 0.229 e. The van der Waals surface area contributed by atoms with Gasteiger partial charge in [-0.2, -0.15) is 4.98 Å². The van der Waals surface area contributed by atoms with Crippen molar-refractivity contribution in [2.45, 2.75) is 57.9 Å². The molecule has 7 heteroatoms. The third-order valence-corrected chi connectivity index (χ3v) is 7.98. The summed E-state index contributed by atoms with van der Waals surface area (Å²) in [7, 11) is 1.74. The van der Waals surface area contributed by atoms with Gasteiger partial charge in [0.2, 0.25) is 5.95 Å². The largest absolute Gasteiger partial charge is 0.496 e. The van der Waals surface area contributed by atoms with Crippen LogP contribution in [-0.4, -0.2) is 60.7 Å². The minimum atomic E-state index is 0.280. The highest BCUT2D eigenvalue weighted by molar-refractivity contribution is 5.94. The Hall–Kier alpha value is -2.90. The van der Waals surface area contributed by atoms with Gasteiger partial charge in [0.05, 0.1) is 12.6 Å². The van der Waals surface area contributed by atoms with Crippen LogP contribution >= 0.6 is 0 Å². The first-order valence-corrected chi connectivity index (χ1v) is 14.0. The van der Waals surface area contributed by atoms with Crippen molar-refractivity contribution in [1.29, 1.82) is 0 Å². The highest BCUT2D eigenvalue weighted by Crippen LogP contribution is 2.38. The molecule has 37 heavy (non-hydrogen) atoms. The molecule has 1 unspecified atom stereocenters. The van der Waals surface area contributed by atoms with Crippen LogP contribution < -0.4 is 20.7 Å². The molecule has 0 spiro atoms. The lowest BCUT2D eigenvalue weighted by Gasteiger charge is -2.34. The first kappa shape index (κ1) is 25.7. The number of nitrogens with zero attached hydrogens (tertiary/aromatic N) is 4. The van der Waals surface area contributed by atoms with Gasteiger partial charge >= 0.3 is 0 Å². The maximum absolute atomic E-state index is 6.08. The van der Waals surface area contributed by atoms with E-state index < -0.39 is 0 Å². The predicted octanol–water partition coefficient (Wildman–Crippen LogP) is 5.54. The smallest absolute Gasteiger partial charge is 0.229 e. The molecule has 2 aromatic carbocycles. The van der Waals surface area contributed by atoms with E-state index in [1.165, 1.54) is 38.8 Å². The first-order valence-electron chi connectivity index (χ1n) is 14.0. The number of nitrogens with one attached hydrogen (secondary N) is 1. The molecule has 2 fully saturated rings. The highest BCUT2D eigenvalue weighted by atomic mass is 16.5. The molecular weight excluding hydrogens is 460 g/mol. The van der Waals surface area contributed by atoms with Crippen molar-refractivity contribution in [3.63, 3.8) is 0 Å². The molecule has 2 aliphatic rings. The minimum Gasteiger partial charge on any atom is -0.496 e. The van der Waals surface area contributed by atoms with Crippen LogP contribution in [0.15, 0.2) is 42.5 Å². The van der Waals surface area contributed by atoms with Crippen LogP contribution in [0.3, 0.4) is 0 Å². The number of para-hydroxylation sites is 1. The molecule has 198 valence electrons. The topological polar surface area (TPSA) is 79.5 Å². The van der Waals surface area contributed by atoms with Crippen molar-refractivity contribution in [2.24, 2.45) is 11.7 Å². The van der Waals surface area contributed by atoms with Crippen LogP contribution in [0, 0.1) is 5.92 Å². The summed E-state index contributed by atoms with van der Waals surface area (Å²) in [5.74, 6) is 3.61. The van der Waals surface area contributed by atoms with E-state index in [0.717, 1.165) is 65.7 Å². The van der Waals surface area contributed by atoms with Gasteiger partial charge in [0.25, 0.3) is 0 Å². The third kappa shape index (κ3) is 5.99. The fourth-order valence-corrected chi connectivity index (χ4v) is 5.97. The molecule has 0 radical (unpaired) electrons. The number of hydrogen-bond donors (Lipinski definition) is 2. The number of rotatable bonds is 9. The Morgan fingerprint density at radius 3 is 2.49 bits per heavy atom. The summed E-state index contributed by atoms with van der Waals surface area (Å²) in [5, 5.41) is 4.55. The molecule has 0 bridgehead atoms. The van der Waals surface area contributed by atoms with Gasteiger partial charge < -0.3 is 25.6 Å². The van der Waals surface area contributed by atoms with Crippen LogP contribution in [0.5, 0.6) is 5.75 Å². The average Bonchev–Trinajstić information content (AvgIpc) is 3.33. The summed E-state index contributed by atoms with van der Waals surface area (Å²) < 4.78 is 5.75. The van der Waals surface area contributed by atoms with Crippen LogP contribution in [0.2, 0.25) is 0 Å². The van der Waals surface area contributed by atoms with Crippen molar-refractivity contribution in [3.05, 3.63) is 48.0 Å². The van der Waals surface area contributed by atoms with E-state index in [1.807, 2.05) is 30.3 Å². The molecule has 5 rings (SSSR count).